The van der Waals surface area contributed by atoms with Crippen LogP contribution in [-0.2, 0) is 0 Å². The monoisotopic (exact) mass is 275 g/mol. The summed E-state index contributed by atoms with van der Waals surface area (Å²) in [5, 5.41) is 2.92. The molecule has 0 aromatic carbocycles. The molecule has 3 N–H and O–H groups in total. The second kappa shape index (κ2) is 5.27. The van der Waals surface area contributed by atoms with E-state index in [-0.39, 0.29) is 5.82 Å². The number of hydrogen-bond acceptors (Lipinski definition) is 5. The maximum atomic E-state index is 6.05. The van der Waals surface area contributed by atoms with Gasteiger partial charge in [-0.25, -0.2) is 9.99 Å². The maximum Gasteiger partial charge on any atom is 0.161 e. The van der Waals surface area contributed by atoms with Crippen molar-refractivity contribution in [2.45, 2.75) is 0 Å². The second-order valence-corrected chi connectivity index (χ2v) is 4.90. The average Bonchev–Trinajstić information content (AvgIpc) is 2.29. The fraction of sp³-hybridized carbons (Fsp3) is 0.500. The van der Waals surface area contributed by atoms with Crippen LogP contribution < -0.4 is 11.2 Å². The third kappa shape index (κ3) is 3.13. The Morgan fingerprint density at radius 1 is 1.24 bits per heavy atom. The van der Waals surface area contributed by atoms with E-state index >= 15 is 0 Å². The Hall–Kier alpha value is -0.750. The average molecular weight is 276 g/mol. The number of halogens is 2. The minimum atomic E-state index is 0.285. The normalized spacial score (nSPS) is 18.3. The summed E-state index contributed by atoms with van der Waals surface area (Å²) in [4.78, 5) is 6.40. The highest BCUT2D eigenvalue weighted by molar-refractivity contribution is 6.37. The van der Waals surface area contributed by atoms with Crippen LogP contribution in [0.1, 0.15) is 0 Å². The topological polar surface area (TPSA) is 57.4 Å². The molecule has 94 valence electrons. The van der Waals surface area contributed by atoms with Gasteiger partial charge in [-0.2, -0.15) is 0 Å². The summed E-state index contributed by atoms with van der Waals surface area (Å²) < 4.78 is 0. The van der Waals surface area contributed by atoms with Crippen molar-refractivity contribution < 1.29 is 0 Å². The quantitative estimate of drug-likeness (QED) is 0.858. The molecular formula is C10H15Cl2N5. The molecule has 2 rings (SSSR count). The van der Waals surface area contributed by atoms with Gasteiger partial charge in [0.15, 0.2) is 5.82 Å². The Balaban J connectivity index is 2.06. The molecule has 0 saturated carbocycles. The van der Waals surface area contributed by atoms with Crippen molar-refractivity contribution in [2.75, 3.05) is 44.4 Å². The maximum absolute atomic E-state index is 6.05. The summed E-state index contributed by atoms with van der Waals surface area (Å²) in [6.45, 7) is 3.84. The summed E-state index contributed by atoms with van der Waals surface area (Å²) >= 11 is 11.9. The van der Waals surface area contributed by atoms with Crippen molar-refractivity contribution in [1.29, 1.82) is 0 Å². The number of hydrogen-bond donors (Lipinski definition) is 2. The highest BCUT2D eigenvalue weighted by atomic mass is 35.5. The molecule has 2 heterocycles. The molecule has 0 unspecified atom stereocenters. The van der Waals surface area contributed by atoms with Crippen LogP contribution in [0, 0.1) is 0 Å². The number of aromatic nitrogens is 1. The number of hydrazine groups is 1. The Labute approximate surface area is 110 Å². The second-order valence-electron chi connectivity index (χ2n) is 4.09. The molecule has 7 heteroatoms. The fourth-order valence-corrected chi connectivity index (χ4v) is 2.03. The summed E-state index contributed by atoms with van der Waals surface area (Å²) in [6, 6.07) is 1.60. The lowest BCUT2D eigenvalue weighted by molar-refractivity contribution is 0.178. The molecule has 0 atom stereocenters. The van der Waals surface area contributed by atoms with Gasteiger partial charge in [0, 0.05) is 26.2 Å². The minimum absolute atomic E-state index is 0.285. The number of nitrogens with one attached hydrogen (secondary N) is 1. The number of anilines is 2. The van der Waals surface area contributed by atoms with Crippen molar-refractivity contribution in [2.24, 2.45) is 0 Å². The Morgan fingerprint density at radius 3 is 2.53 bits per heavy atom. The third-order valence-corrected chi connectivity index (χ3v) is 3.31. The van der Waals surface area contributed by atoms with E-state index in [9.17, 15) is 0 Å². The number of piperazine rings is 1. The molecule has 1 aliphatic rings. The molecule has 1 aromatic rings. The summed E-state index contributed by atoms with van der Waals surface area (Å²) in [6.07, 6.45) is 0. The zero-order valence-corrected chi connectivity index (χ0v) is 11.1. The van der Waals surface area contributed by atoms with Gasteiger partial charge in [-0.05, 0) is 13.1 Å². The lowest BCUT2D eigenvalue weighted by atomic mass is 10.4. The van der Waals surface area contributed by atoms with Gasteiger partial charge in [0.25, 0.3) is 0 Å². The molecular weight excluding hydrogens is 261 g/mol. The molecule has 0 radical (unpaired) electrons. The van der Waals surface area contributed by atoms with Crippen LogP contribution >= 0.6 is 23.2 Å². The molecule has 17 heavy (non-hydrogen) atoms. The van der Waals surface area contributed by atoms with Gasteiger partial charge in [-0.15, -0.1) is 0 Å². The van der Waals surface area contributed by atoms with E-state index in [0.717, 1.165) is 26.2 Å². The number of nitrogens with zero attached hydrogens (tertiary/aromatic N) is 3. The minimum Gasteiger partial charge on any atom is -0.382 e. The summed E-state index contributed by atoms with van der Waals surface area (Å²) in [7, 11) is 2.10. The SMILES string of the molecule is CN1CCN(Nc2nc(N)c(Cl)cc2Cl)CC1. The molecule has 1 fully saturated rings. The first-order valence-corrected chi connectivity index (χ1v) is 6.13. The highest BCUT2D eigenvalue weighted by Crippen LogP contribution is 2.27. The van der Waals surface area contributed by atoms with E-state index in [1.54, 1.807) is 6.07 Å². The van der Waals surface area contributed by atoms with E-state index in [0.29, 0.717) is 15.9 Å². The number of likely N-dealkylation sites (N-methyl/N-ethyl adjacent to an activating group) is 1. The highest BCUT2D eigenvalue weighted by Gasteiger charge is 2.15. The number of pyridine rings is 1. The van der Waals surface area contributed by atoms with Crippen molar-refractivity contribution in [3.8, 4) is 0 Å². The van der Waals surface area contributed by atoms with Crippen LogP contribution in [0.25, 0.3) is 0 Å². The Morgan fingerprint density at radius 2 is 1.88 bits per heavy atom. The zero-order valence-electron chi connectivity index (χ0n) is 9.58. The van der Waals surface area contributed by atoms with Crippen LogP contribution in [0.4, 0.5) is 11.6 Å². The molecule has 0 spiro atoms. The standard InChI is InChI=1S/C10H15Cl2N5/c1-16-2-4-17(5-3-16)15-10-8(12)6-7(11)9(13)14-10/h6H,2-5H2,1H3,(H3,13,14,15). The predicted octanol–water partition coefficient (Wildman–Crippen LogP) is 1.54. The first-order valence-electron chi connectivity index (χ1n) is 5.38. The lowest BCUT2D eigenvalue weighted by Crippen LogP contribution is -2.47. The van der Waals surface area contributed by atoms with Crippen molar-refractivity contribution in [3.05, 3.63) is 16.1 Å². The van der Waals surface area contributed by atoms with Crippen LogP contribution in [0.5, 0.6) is 0 Å². The summed E-state index contributed by atoms with van der Waals surface area (Å²) in [5.41, 5.74) is 8.81. The third-order valence-electron chi connectivity index (χ3n) is 2.72. The van der Waals surface area contributed by atoms with E-state index in [1.165, 1.54) is 0 Å². The largest absolute Gasteiger partial charge is 0.382 e. The molecule has 1 saturated heterocycles. The van der Waals surface area contributed by atoms with E-state index in [2.05, 4.69) is 27.4 Å². The zero-order chi connectivity index (χ0) is 12.4. The van der Waals surface area contributed by atoms with Gasteiger partial charge >= 0.3 is 0 Å². The molecule has 0 bridgehead atoms. The van der Waals surface area contributed by atoms with E-state index < -0.39 is 0 Å². The van der Waals surface area contributed by atoms with Gasteiger partial charge in [0.2, 0.25) is 0 Å². The summed E-state index contributed by atoms with van der Waals surface area (Å²) in [5.74, 6) is 0.839. The van der Waals surface area contributed by atoms with Crippen molar-refractivity contribution in [1.82, 2.24) is 14.9 Å². The van der Waals surface area contributed by atoms with Gasteiger partial charge in [-0.3, -0.25) is 0 Å². The van der Waals surface area contributed by atoms with Gasteiger partial charge in [0.05, 0.1) is 10.0 Å². The number of nitrogen functional groups attached to an aromatic ring is 1. The molecule has 1 aliphatic heterocycles. The van der Waals surface area contributed by atoms with E-state index in [1.807, 2.05) is 0 Å². The van der Waals surface area contributed by atoms with Gasteiger partial charge in [-0.1, -0.05) is 23.2 Å². The Bertz CT molecular complexity index is 404. The van der Waals surface area contributed by atoms with Gasteiger partial charge in [0.1, 0.15) is 5.82 Å². The van der Waals surface area contributed by atoms with Crippen LogP contribution in [-0.4, -0.2) is 48.1 Å². The first-order chi connectivity index (χ1) is 8.06. The predicted molar refractivity (Wildman–Crippen MR) is 71.4 cm³/mol. The number of nitrogens with two attached hydrogens (primary N) is 1. The molecule has 0 amide bonds. The molecule has 5 nitrogen and oxygen atoms in total. The van der Waals surface area contributed by atoms with Crippen molar-refractivity contribution >= 4 is 34.8 Å². The van der Waals surface area contributed by atoms with E-state index in [4.69, 9.17) is 28.9 Å². The first kappa shape index (κ1) is 12.7. The smallest absolute Gasteiger partial charge is 0.161 e. The fourth-order valence-electron chi connectivity index (χ4n) is 1.63. The Kier molecular flexibility index (Phi) is 3.93. The van der Waals surface area contributed by atoms with Crippen LogP contribution in [0.15, 0.2) is 6.07 Å². The molecule has 1 aromatic heterocycles. The van der Waals surface area contributed by atoms with Crippen LogP contribution in [0.3, 0.4) is 0 Å². The molecule has 0 aliphatic carbocycles. The number of rotatable bonds is 2. The van der Waals surface area contributed by atoms with Crippen LogP contribution in [0.2, 0.25) is 10.0 Å². The van der Waals surface area contributed by atoms with Crippen molar-refractivity contribution in [3.63, 3.8) is 0 Å². The lowest BCUT2D eigenvalue weighted by Gasteiger charge is -2.32. The van der Waals surface area contributed by atoms with Gasteiger partial charge < -0.3 is 16.1 Å².